The zero-order chi connectivity index (χ0) is 33.8. The summed E-state index contributed by atoms with van der Waals surface area (Å²) in [4.78, 5) is 23.2. The number of carboxylic acid groups (broad SMARTS) is 1. The van der Waals surface area contributed by atoms with E-state index in [-0.39, 0.29) is 18.2 Å². The number of aliphatic carboxylic acids is 1. The molecule has 0 aliphatic rings. The predicted octanol–water partition coefficient (Wildman–Crippen LogP) is 12.6. The third-order valence-corrected chi connectivity index (χ3v) is 8.97. The van der Waals surface area contributed by atoms with Crippen molar-refractivity contribution in [2.45, 2.75) is 225 Å². The number of hydrogen-bond acceptors (Lipinski definition) is 4. The molecule has 0 spiro atoms. The van der Waals surface area contributed by atoms with E-state index in [1.54, 1.807) is 0 Å². The van der Waals surface area contributed by atoms with Gasteiger partial charge in [0.15, 0.2) is 0 Å². The van der Waals surface area contributed by atoms with Gasteiger partial charge in [0, 0.05) is 19.3 Å². The summed E-state index contributed by atoms with van der Waals surface area (Å²) in [6.45, 7) is 4.46. The number of aliphatic hydroxyl groups is 1. The minimum atomic E-state index is -0.686. The molecular weight excluding hydrogens is 572 g/mol. The van der Waals surface area contributed by atoms with Crippen LogP contribution in [-0.4, -0.2) is 34.4 Å². The summed E-state index contributed by atoms with van der Waals surface area (Å²) in [5.74, 6) is -0.706. The Kier molecular flexibility index (Phi) is 34.9. The zero-order valence-corrected chi connectivity index (χ0v) is 30.5. The fraction of sp³-hybridized carbons (Fsp3) is 0.854. The van der Waals surface area contributed by atoms with Gasteiger partial charge >= 0.3 is 11.9 Å². The highest BCUT2D eigenvalue weighted by molar-refractivity contribution is 5.69. The average Bonchev–Trinajstić information content (AvgIpc) is 3.03. The number of aliphatic hydroxyl groups excluding tert-OH is 1. The molecule has 0 fully saturated rings. The third-order valence-electron chi connectivity index (χ3n) is 8.97. The summed E-state index contributed by atoms with van der Waals surface area (Å²) in [5, 5.41) is 18.7. The van der Waals surface area contributed by atoms with Crippen molar-refractivity contribution in [3.05, 3.63) is 24.3 Å². The quantitative estimate of drug-likeness (QED) is 0.0401. The Hall–Kier alpha value is -1.62. The number of rotatable bonds is 36. The Morgan fingerprint density at radius 2 is 0.957 bits per heavy atom. The van der Waals surface area contributed by atoms with Crippen LogP contribution in [0.25, 0.3) is 0 Å². The minimum absolute atomic E-state index is 0.0132. The van der Waals surface area contributed by atoms with Gasteiger partial charge in [0.2, 0.25) is 0 Å². The van der Waals surface area contributed by atoms with Crippen LogP contribution in [0.3, 0.4) is 0 Å². The van der Waals surface area contributed by atoms with E-state index in [4.69, 9.17) is 9.84 Å². The lowest BCUT2D eigenvalue weighted by atomic mass is 10.0. The Labute approximate surface area is 285 Å². The molecule has 0 aromatic carbocycles. The monoisotopic (exact) mass is 649 g/mol. The van der Waals surface area contributed by atoms with E-state index in [1.807, 2.05) is 0 Å². The van der Waals surface area contributed by atoms with Gasteiger partial charge in [-0.15, -0.1) is 0 Å². The number of carboxylic acids is 1. The Morgan fingerprint density at radius 1 is 0.522 bits per heavy atom. The van der Waals surface area contributed by atoms with E-state index in [9.17, 15) is 14.7 Å². The predicted molar refractivity (Wildman–Crippen MR) is 196 cm³/mol. The summed E-state index contributed by atoms with van der Waals surface area (Å²) in [6, 6.07) is 0. The van der Waals surface area contributed by atoms with Crippen molar-refractivity contribution in [2.75, 3.05) is 0 Å². The van der Waals surface area contributed by atoms with Crippen LogP contribution < -0.4 is 0 Å². The maximum absolute atomic E-state index is 12.6. The van der Waals surface area contributed by atoms with Crippen LogP contribution >= 0.6 is 0 Å². The molecule has 1 unspecified atom stereocenters. The normalized spacial score (nSPS) is 13.1. The topological polar surface area (TPSA) is 83.8 Å². The van der Waals surface area contributed by atoms with Crippen LogP contribution in [0, 0.1) is 0 Å². The zero-order valence-electron chi connectivity index (χ0n) is 30.5. The van der Waals surface area contributed by atoms with Gasteiger partial charge in [-0.2, -0.15) is 0 Å². The lowest BCUT2D eigenvalue weighted by molar-refractivity contribution is -0.149. The summed E-state index contributed by atoms with van der Waals surface area (Å²) in [7, 11) is 0. The first kappa shape index (κ1) is 44.4. The molecule has 0 saturated carbocycles. The maximum atomic E-state index is 12.6. The highest BCUT2D eigenvalue weighted by Gasteiger charge is 2.13. The summed E-state index contributed by atoms with van der Waals surface area (Å²) < 4.78 is 5.95. The molecule has 2 N–H and O–H groups in total. The molecule has 0 amide bonds. The lowest BCUT2D eigenvalue weighted by Crippen LogP contribution is -2.17. The van der Waals surface area contributed by atoms with Crippen LogP contribution in [0.2, 0.25) is 0 Å². The van der Waals surface area contributed by atoms with E-state index in [0.717, 1.165) is 83.5 Å². The highest BCUT2D eigenvalue weighted by Crippen LogP contribution is 2.17. The minimum Gasteiger partial charge on any atom is -0.481 e. The van der Waals surface area contributed by atoms with Gasteiger partial charge in [-0.05, 0) is 64.2 Å². The smallest absolute Gasteiger partial charge is 0.306 e. The molecule has 0 aromatic heterocycles. The number of carbonyl (C=O) groups excluding carboxylic acids is 1. The van der Waals surface area contributed by atoms with Crippen LogP contribution in [0.5, 0.6) is 0 Å². The number of hydrogen-bond donors (Lipinski definition) is 2. The molecule has 46 heavy (non-hydrogen) atoms. The maximum Gasteiger partial charge on any atom is 0.306 e. The van der Waals surface area contributed by atoms with Crippen molar-refractivity contribution in [3.63, 3.8) is 0 Å². The Bertz CT molecular complexity index is 716. The van der Waals surface area contributed by atoms with E-state index in [0.29, 0.717) is 12.8 Å². The van der Waals surface area contributed by atoms with E-state index in [2.05, 4.69) is 38.2 Å². The van der Waals surface area contributed by atoms with Crippen molar-refractivity contribution in [1.29, 1.82) is 0 Å². The van der Waals surface area contributed by atoms with Crippen LogP contribution in [0.15, 0.2) is 24.3 Å². The first-order chi connectivity index (χ1) is 22.5. The summed E-state index contributed by atoms with van der Waals surface area (Å²) >= 11 is 0. The van der Waals surface area contributed by atoms with Gasteiger partial charge in [0.05, 0.1) is 6.10 Å². The average molecular weight is 649 g/mol. The third kappa shape index (κ3) is 35.2. The van der Waals surface area contributed by atoms with Crippen LogP contribution in [0.1, 0.15) is 213 Å². The van der Waals surface area contributed by atoms with Gasteiger partial charge in [-0.1, -0.05) is 154 Å². The SMILES string of the molecule is CCCCCCC[C@H](CC=CCCCCCCCCCC(=O)O)OC(=O)CCCCCCCCCC=CCC(O)CCCCCC. The van der Waals surface area contributed by atoms with Gasteiger partial charge in [0.25, 0.3) is 0 Å². The molecular formula is C41H76O5. The summed E-state index contributed by atoms with van der Waals surface area (Å²) in [6.07, 6.45) is 42.4. The molecule has 0 radical (unpaired) electrons. The number of esters is 1. The molecule has 270 valence electrons. The number of ether oxygens (including phenoxy) is 1. The second kappa shape index (κ2) is 36.2. The number of unbranched alkanes of at least 4 members (excludes halogenated alkanes) is 21. The molecule has 0 aliphatic carbocycles. The Morgan fingerprint density at radius 3 is 1.52 bits per heavy atom. The molecule has 5 nitrogen and oxygen atoms in total. The van der Waals surface area contributed by atoms with Crippen LogP contribution in [0.4, 0.5) is 0 Å². The lowest BCUT2D eigenvalue weighted by Gasteiger charge is -2.16. The molecule has 0 heterocycles. The fourth-order valence-electron chi connectivity index (χ4n) is 5.94. The van der Waals surface area contributed by atoms with E-state index < -0.39 is 5.97 Å². The molecule has 2 atom stereocenters. The van der Waals surface area contributed by atoms with E-state index >= 15 is 0 Å². The first-order valence-electron chi connectivity index (χ1n) is 19.9. The van der Waals surface area contributed by atoms with E-state index in [1.165, 1.54) is 103 Å². The fourth-order valence-corrected chi connectivity index (χ4v) is 5.94. The second-order valence-corrected chi connectivity index (χ2v) is 13.7. The van der Waals surface area contributed by atoms with Crippen molar-refractivity contribution in [2.24, 2.45) is 0 Å². The highest BCUT2D eigenvalue weighted by atomic mass is 16.5. The molecule has 5 heteroatoms. The van der Waals surface area contributed by atoms with Crippen molar-refractivity contribution in [3.8, 4) is 0 Å². The molecule has 0 rings (SSSR count). The van der Waals surface area contributed by atoms with Gasteiger partial charge in [0.1, 0.15) is 6.10 Å². The number of allylic oxidation sites excluding steroid dienone is 2. The molecule has 0 aromatic rings. The second-order valence-electron chi connectivity index (χ2n) is 13.7. The number of carbonyl (C=O) groups is 2. The molecule has 0 bridgehead atoms. The van der Waals surface area contributed by atoms with Gasteiger partial charge < -0.3 is 14.9 Å². The summed E-state index contributed by atoms with van der Waals surface area (Å²) in [5.41, 5.74) is 0. The standard InChI is InChI=1S/C41H76O5/c1-3-5-7-21-28-34-39(35-29-23-18-14-10-11-15-19-24-30-36-40(43)44)46-41(45)37-31-25-20-16-12-9-13-17-22-27-33-38(42)32-26-8-6-4-2/h22-23,27,29,38-39,42H,3-21,24-26,28,30-37H2,1-2H3,(H,43,44)/t38?,39-/m1/s1. The Balaban J connectivity index is 3.95. The van der Waals surface area contributed by atoms with Crippen molar-refractivity contribution in [1.82, 2.24) is 0 Å². The molecule has 0 aliphatic heterocycles. The van der Waals surface area contributed by atoms with Crippen molar-refractivity contribution < 1.29 is 24.5 Å². The first-order valence-corrected chi connectivity index (χ1v) is 19.9. The molecule has 0 saturated heterocycles. The largest absolute Gasteiger partial charge is 0.481 e. The van der Waals surface area contributed by atoms with Gasteiger partial charge in [-0.25, -0.2) is 0 Å². The van der Waals surface area contributed by atoms with Crippen LogP contribution in [-0.2, 0) is 14.3 Å². The van der Waals surface area contributed by atoms with Gasteiger partial charge in [-0.3, -0.25) is 9.59 Å². The van der Waals surface area contributed by atoms with Crippen molar-refractivity contribution >= 4 is 11.9 Å².